The van der Waals surface area contributed by atoms with Crippen molar-refractivity contribution in [3.63, 3.8) is 0 Å². The molecule has 0 aliphatic carbocycles. The molecular formula is C30H38N4O4. The predicted octanol–water partition coefficient (Wildman–Crippen LogP) is 4.27. The lowest BCUT2D eigenvalue weighted by Gasteiger charge is -2.35. The fourth-order valence-electron chi connectivity index (χ4n) is 4.55. The molecule has 0 saturated heterocycles. The Morgan fingerprint density at radius 3 is 2.29 bits per heavy atom. The van der Waals surface area contributed by atoms with Gasteiger partial charge in [0.1, 0.15) is 11.4 Å². The molecule has 3 rings (SSSR count). The summed E-state index contributed by atoms with van der Waals surface area (Å²) in [6, 6.07) is 16.4. The number of amides is 1. The molecule has 0 spiro atoms. The highest BCUT2D eigenvalue weighted by Crippen LogP contribution is 2.30. The van der Waals surface area contributed by atoms with Crippen molar-refractivity contribution in [2.45, 2.75) is 53.6 Å². The van der Waals surface area contributed by atoms with Gasteiger partial charge in [0, 0.05) is 12.1 Å². The van der Waals surface area contributed by atoms with Crippen LogP contribution in [0.5, 0.6) is 0 Å². The van der Waals surface area contributed by atoms with Gasteiger partial charge in [0.25, 0.3) is 11.5 Å². The number of nitrogens with two attached hydrogens (primary N) is 1. The normalized spacial score (nSPS) is 11.9. The van der Waals surface area contributed by atoms with Crippen LogP contribution in [-0.2, 0) is 11.3 Å². The van der Waals surface area contributed by atoms with Crippen LogP contribution in [0.1, 0.15) is 76.6 Å². The zero-order chi connectivity index (χ0) is 27.8. The number of aryl methyl sites for hydroxylation is 2. The first-order chi connectivity index (χ1) is 18.2. The van der Waals surface area contributed by atoms with E-state index < -0.39 is 17.6 Å². The average Bonchev–Trinajstić information content (AvgIpc) is 2.89. The molecule has 0 aliphatic rings. The van der Waals surface area contributed by atoms with E-state index in [0.717, 1.165) is 11.1 Å². The van der Waals surface area contributed by atoms with Gasteiger partial charge in [-0.05, 0) is 57.4 Å². The van der Waals surface area contributed by atoms with E-state index >= 15 is 0 Å². The van der Waals surface area contributed by atoms with Gasteiger partial charge < -0.3 is 15.4 Å². The third-order valence-corrected chi connectivity index (χ3v) is 6.44. The van der Waals surface area contributed by atoms with Gasteiger partial charge in [0.05, 0.1) is 24.9 Å². The molecule has 202 valence electrons. The Balaban J connectivity index is 2.24. The molecule has 3 aromatic rings. The van der Waals surface area contributed by atoms with Crippen LogP contribution < -0.4 is 11.3 Å². The van der Waals surface area contributed by atoms with Crippen LogP contribution in [0, 0.1) is 19.8 Å². The van der Waals surface area contributed by atoms with Crippen molar-refractivity contribution in [1.29, 1.82) is 0 Å². The van der Waals surface area contributed by atoms with Crippen molar-refractivity contribution >= 4 is 11.9 Å². The van der Waals surface area contributed by atoms with Gasteiger partial charge in [-0.2, -0.15) is 0 Å². The minimum absolute atomic E-state index is 0.0904. The quantitative estimate of drug-likeness (QED) is 0.380. The Labute approximate surface area is 224 Å². The number of aromatic nitrogens is 2. The first kappa shape index (κ1) is 28.8. The van der Waals surface area contributed by atoms with Gasteiger partial charge in [0.15, 0.2) is 0 Å². The highest BCUT2D eigenvalue weighted by atomic mass is 16.5. The highest BCUT2D eigenvalue weighted by molar-refractivity contribution is 5.94. The molecule has 0 bridgehead atoms. The first-order valence-corrected chi connectivity index (χ1v) is 13.1. The number of nitrogens with zero attached hydrogens (tertiary/aromatic N) is 3. The minimum Gasteiger partial charge on any atom is -0.462 e. The zero-order valence-electron chi connectivity index (χ0n) is 22.9. The van der Waals surface area contributed by atoms with E-state index in [1.165, 1.54) is 4.57 Å². The monoisotopic (exact) mass is 518 g/mol. The summed E-state index contributed by atoms with van der Waals surface area (Å²) in [4.78, 5) is 47.1. The molecule has 2 N–H and O–H groups in total. The lowest BCUT2D eigenvalue weighted by molar-refractivity contribution is 0.0517. The lowest BCUT2D eigenvalue weighted by Crippen LogP contribution is -2.43. The summed E-state index contributed by atoms with van der Waals surface area (Å²) < 4.78 is 6.69. The fraction of sp³-hybridized carbons (Fsp3) is 0.400. The second-order valence-electron chi connectivity index (χ2n) is 9.72. The van der Waals surface area contributed by atoms with Crippen molar-refractivity contribution < 1.29 is 14.3 Å². The number of esters is 1. The Morgan fingerprint density at radius 1 is 1.05 bits per heavy atom. The van der Waals surface area contributed by atoms with E-state index in [4.69, 9.17) is 15.5 Å². The molecule has 8 nitrogen and oxygen atoms in total. The molecule has 0 saturated carbocycles. The molecule has 0 aliphatic heterocycles. The summed E-state index contributed by atoms with van der Waals surface area (Å²) in [6.07, 6.45) is 0.587. The van der Waals surface area contributed by atoms with E-state index in [0.29, 0.717) is 30.9 Å². The number of carbonyl (C=O) groups excluding carboxylic acids is 2. The largest absolute Gasteiger partial charge is 0.462 e. The molecule has 0 fully saturated rings. The van der Waals surface area contributed by atoms with Crippen LogP contribution in [-0.4, -0.2) is 46.0 Å². The standard InChI is InChI=1S/C30H38N4O4/c1-6-38-30(37)25-22(5)32-27(34(29(25)36)19-23-11-8-7-9-12-23)26(20(2)3)33(18-10-17-31)28(35)24-15-13-21(4)14-16-24/h7-9,11-16,20,26H,6,10,17-19,31H2,1-5H3. The minimum atomic E-state index is -0.701. The Morgan fingerprint density at radius 2 is 1.71 bits per heavy atom. The summed E-state index contributed by atoms with van der Waals surface area (Å²) in [5.74, 6) is -0.529. The molecule has 0 radical (unpaired) electrons. The highest BCUT2D eigenvalue weighted by Gasteiger charge is 2.34. The van der Waals surface area contributed by atoms with Gasteiger partial charge in [-0.15, -0.1) is 0 Å². The van der Waals surface area contributed by atoms with Gasteiger partial charge >= 0.3 is 5.97 Å². The van der Waals surface area contributed by atoms with Crippen LogP contribution >= 0.6 is 0 Å². The smallest absolute Gasteiger partial charge is 0.345 e. The molecule has 1 unspecified atom stereocenters. The van der Waals surface area contributed by atoms with E-state index in [1.807, 2.05) is 75.4 Å². The van der Waals surface area contributed by atoms with Crippen molar-refractivity contribution in [1.82, 2.24) is 14.5 Å². The summed E-state index contributed by atoms with van der Waals surface area (Å²) in [6.45, 7) is 10.4. The van der Waals surface area contributed by atoms with Gasteiger partial charge in [0.2, 0.25) is 0 Å². The van der Waals surface area contributed by atoms with Gasteiger partial charge in [-0.25, -0.2) is 9.78 Å². The maximum Gasteiger partial charge on any atom is 0.345 e. The molecule has 38 heavy (non-hydrogen) atoms. The van der Waals surface area contributed by atoms with E-state index in [9.17, 15) is 14.4 Å². The van der Waals surface area contributed by atoms with Gasteiger partial charge in [-0.1, -0.05) is 61.9 Å². The zero-order valence-corrected chi connectivity index (χ0v) is 22.9. The summed E-state index contributed by atoms with van der Waals surface area (Å²) in [5.41, 5.74) is 8.03. The van der Waals surface area contributed by atoms with Crippen LogP contribution in [0.3, 0.4) is 0 Å². The van der Waals surface area contributed by atoms with Crippen molar-refractivity contribution in [2.75, 3.05) is 19.7 Å². The van der Waals surface area contributed by atoms with Crippen LogP contribution in [0.15, 0.2) is 59.4 Å². The summed E-state index contributed by atoms with van der Waals surface area (Å²) in [7, 11) is 0. The molecule has 8 heteroatoms. The third kappa shape index (κ3) is 6.55. The van der Waals surface area contributed by atoms with Gasteiger partial charge in [-0.3, -0.25) is 14.2 Å². The maximum absolute atomic E-state index is 13.9. The molecular weight excluding hydrogens is 480 g/mol. The Kier molecular flexibility index (Phi) is 9.96. The number of rotatable bonds is 11. The number of hydrogen-bond donors (Lipinski definition) is 1. The Hall–Kier alpha value is -3.78. The van der Waals surface area contributed by atoms with E-state index in [-0.39, 0.29) is 36.2 Å². The molecule has 1 amide bonds. The predicted molar refractivity (Wildman–Crippen MR) is 148 cm³/mol. The van der Waals surface area contributed by atoms with Crippen molar-refractivity contribution in [3.05, 3.63) is 98.7 Å². The third-order valence-electron chi connectivity index (χ3n) is 6.44. The second-order valence-corrected chi connectivity index (χ2v) is 9.72. The average molecular weight is 519 g/mol. The Bertz CT molecular complexity index is 1300. The fourth-order valence-corrected chi connectivity index (χ4v) is 4.55. The number of hydrogen-bond acceptors (Lipinski definition) is 6. The second kappa shape index (κ2) is 13.1. The molecule has 1 aromatic heterocycles. The molecule has 1 atom stereocenters. The molecule has 2 aromatic carbocycles. The van der Waals surface area contributed by atoms with Crippen LogP contribution in [0.2, 0.25) is 0 Å². The number of carbonyl (C=O) groups is 2. The van der Waals surface area contributed by atoms with E-state index in [1.54, 1.807) is 18.7 Å². The summed E-state index contributed by atoms with van der Waals surface area (Å²) >= 11 is 0. The van der Waals surface area contributed by atoms with Crippen LogP contribution in [0.4, 0.5) is 0 Å². The van der Waals surface area contributed by atoms with E-state index in [2.05, 4.69) is 0 Å². The summed E-state index contributed by atoms with van der Waals surface area (Å²) in [5, 5.41) is 0. The lowest BCUT2D eigenvalue weighted by atomic mass is 9.98. The van der Waals surface area contributed by atoms with Crippen LogP contribution in [0.25, 0.3) is 0 Å². The first-order valence-electron chi connectivity index (χ1n) is 13.1. The topological polar surface area (TPSA) is 108 Å². The van der Waals surface area contributed by atoms with Crippen molar-refractivity contribution in [3.8, 4) is 0 Å². The molecule has 1 heterocycles. The maximum atomic E-state index is 13.9. The SMILES string of the molecule is CCOC(=O)c1c(C)nc(C(C(C)C)N(CCCN)C(=O)c2ccc(C)cc2)n(Cc2ccccc2)c1=O. The number of ether oxygens (including phenoxy) is 1. The van der Waals surface area contributed by atoms with Crippen molar-refractivity contribution in [2.24, 2.45) is 11.7 Å². The number of benzene rings is 2.